The molecule has 0 saturated carbocycles. The highest BCUT2D eigenvalue weighted by Crippen LogP contribution is 2.25. The summed E-state index contributed by atoms with van der Waals surface area (Å²) in [5.41, 5.74) is 0. The smallest absolute Gasteiger partial charge is 0.134 e. The Morgan fingerprint density at radius 1 is 1.21 bits per heavy atom. The molecule has 2 heterocycles. The van der Waals surface area contributed by atoms with Gasteiger partial charge in [0.25, 0.3) is 0 Å². The van der Waals surface area contributed by atoms with Crippen LogP contribution in [0.1, 0.15) is 12.8 Å². The second-order valence-corrected chi connectivity index (χ2v) is 5.18. The molecule has 0 aliphatic carbocycles. The molecule has 0 saturated heterocycles. The minimum Gasteiger partial charge on any atom is -0.382 e. The highest BCUT2D eigenvalue weighted by Gasteiger charge is 2.01. The monoisotopic (exact) mass is 280 g/mol. The maximum atomic E-state index is 5.42. The van der Waals surface area contributed by atoms with Gasteiger partial charge in [0, 0.05) is 36.5 Å². The summed E-state index contributed by atoms with van der Waals surface area (Å²) >= 11 is 1.74. The van der Waals surface area contributed by atoms with Crippen LogP contribution in [0.15, 0.2) is 23.7 Å². The summed E-state index contributed by atoms with van der Waals surface area (Å²) in [6, 6.07) is 4.16. The van der Waals surface area contributed by atoms with Crippen molar-refractivity contribution in [1.82, 2.24) is 4.98 Å². The Morgan fingerprint density at radius 2 is 2.16 bits per heavy atom. The van der Waals surface area contributed by atoms with Gasteiger partial charge in [-0.05, 0) is 30.4 Å². The molecule has 1 N–H and O–H groups in total. The second-order valence-electron chi connectivity index (χ2n) is 4.23. The lowest BCUT2D eigenvalue weighted by molar-refractivity contribution is 0.0691. The van der Waals surface area contributed by atoms with E-state index in [1.54, 1.807) is 18.4 Å². The molecule has 0 amide bonds. The van der Waals surface area contributed by atoms with Crippen molar-refractivity contribution in [2.24, 2.45) is 0 Å². The van der Waals surface area contributed by atoms with Crippen LogP contribution < -0.4 is 5.32 Å². The number of ether oxygens (including phenoxy) is 2. The molecule has 0 aromatic carbocycles. The van der Waals surface area contributed by atoms with E-state index in [1.165, 1.54) is 10.1 Å². The molecule has 0 atom stereocenters. The van der Waals surface area contributed by atoms with Crippen LogP contribution in [0.3, 0.4) is 0 Å². The van der Waals surface area contributed by atoms with Crippen LogP contribution in [0.5, 0.6) is 0 Å². The number of anilines is 1. The van der Waals surface area contributed by atoms with E-state index >= 15 is 0 Å². The highest BCUT2D eigenvalue weighted by atomic mass is 32.1. The Balaban J connectivity index is 1.64. The van der Waals surface area contributed by atoms with Crippen LogP contribution in [0, 0.1) is 0 Å². The average Bonchev–Trinajstić information content (AvgIpc) is 2.91. The summed E-state index contributed by atoms with van der Waals surface area (Å²) in [5.74, 6) is 0.985. The first-order chi connectivity index (χ1) is 9.42. The number of rotatable bonds is 9. The van der Waals surface area contributed by atoms with Gasteiger partial charge in [0.05, 0.1) is 13.2 Å². The van der Waals surface area contributed by atoms with Crippen molar-refractivity contribution in [1.29, 1.82) is 0 Å². The Morgan fingerprint density at radius 3 is 3.05 bits per heavy atom. The van der Waals surface area contributed by atoms with E-state index in [2.05, 4.69) is 27.8 Å². The van der Waals surface area contributed by atoms with Gasteiger partial charge in [-0.15, -0.1) is 11.3 Å². The average molecular weight is 280 g/mol. The molecule has 4 nitrogen and oxygen atoms in total. The zero-order valence-electron chi connectivity index (χ0n) is 11.2. The highest BCUT2D eigenvalue weighted by molar-refractivity contribution is 7.17. The summed E-state index contributed by atoms with van der Waals surface area (Å²) in [5, 5.41) is 6.70. The molecule has 0 unspecified atom stereocenters. The molecule has 0 aliphatic heterocycles. The zero-order valence-corrected chi connectivity index (χ0v) is 12.0. The molecule has 5 heteroatoms. The largest absolute Gasteiger partial charge is 0.382 e. The summed E-state index contributed by atoms with van der Waals surface area (Å²) < 4.78 is 11.6. The van der Waals surface area contributed by atoms with Crippen LogP contribution in [0.25, 0.3) is 10.1 Å². The van der Waals surface area contributed by atoms with Gasteiger partial charge in [-0.25, -0.2) is 4.98 Å². The van der Waals surface area contributed by atoms with Gasteiger partial charge < -0.3 is 14.8 Å². The zero-order chi connectivity index (χ0) is 13.3. The molecular weight excluding hydrogens is 260 g/mol. The number of thiophene rings is 1. The Hall–Kier alpha value is -1.17. The molecule has 0 radical (unpaired) electrons. The predicted octanol–water partition coefficient (Wildman–Crippen LogP) is 3.15. The lowest BCUT2D eigenvalue weighted by Crippen LogP contribution is -2.07. The molecular formula is C14H20N2O2S. The third-order valence-electron chi connectivity index (χ3n) is 2.82. The number of pyridine rings is 1. The van der Waals surface area contributed by atoms with Gasteiger partial charge in [0.2, 0.25) is 0 Å². The standard InChI is InChI=1S/C14H20N2O2S/c1-17-9-10-18-8-3-2-6-15-14-12-5-11-19-13(12)4-7-16-14/h4-5,7,11H,2-3,6,8-10H2,1H3,(H,15,16). The van der Waals surface area contributed by atoms with Crippen LogP contribution in [0.4, 0.5) is 5.82 Å². The number of fused-ring (bicyclic) bond motifs is 1. The molecule has 0 spiro atoms. The first kappa shape index (κ1) is 14.2. The maximum Gasteiger partial charge on any atom is 0.134 e. The van der Waals surface area contributed by atoms with Crippen LogP contribution in [0.2, 0.25) is 0 Å². The van der Waals surface area contributed by atoms with Gasteiger partial charge in [0.1, 0.15) is 5.82 Å². The minimum atomic E-state index is 0.669. The Bertz CT molecular complexity index is 487. The van der Waals surface area contributed by atoms with Crippen molar-refractivity contribution in [3.05, 3.63) is 23.7 Å². The third-order valence-corrected chi connectivity index (χ3v) is 3.70. The number of aromatic nitrogens is 1. The van der Waals surface area contributed by atoms with E-state index in [0.29, 0.717) is 13.2 Å². The SMILES string of the molecule is COCCOCCCCNc1nccc2sccc12. The third kappa shape index (κ3) is 4.45. The van der Waals surface area contributed by atoms with E-state index in [9.17, 15) is 0 Å². The number of nitrogens with one attached hydrogen (secondary N) is 1. The lowest BCUT2D eigenvalue weighted by Gasteiger charge is -2.07. The van der Waals surface area contributed by atoms with Crippen molar-refractivity contribution in [3.8, 4) is 0 Å². The first-order valence-electron chi connectivity index (χ1n) is 6.54. The van der Waals surface area contributed by atoms with Gasteiger partial charge in [-0.3, -0.25) is 0 Å². The van der Waals surface area contributed by atoms with E-state index in [4.69, 9.17) is 9.47 Å². The summed E-state index contributed by atoms with van der Waals surface area (Å²) in [6.45, 7) is 3.07. The lowest BCUT2D eigenvalue weighted by atomic mass is 10.3. The Labute approximate surface area is 117 Å². The predicted molar refractivity (Wildman–Crippen MR) is 80.0 cm³/mol. The number of nitrogens with zero attached hydrogens (tertiary/aromatic N) is 1. The van der Waals surface area contributed by atoms with Gasteiger partial charge in [0.15, 0.2) is 0 Å². The van der Waals surface area contributed by atoms with Crippen molar-refractivity contribution in [2.75, 3.05) is 38.8 Å². The summed E-state index contributed by atoms with van der Waals surface area (Å²) in [6.07, 6.45) is 3.99. The van der Waals surface area contributed by atoms with Crippen molar-refractivity contribution < 1.29 is 9.47 Å². The molecule has 0 bridgehead atoms. The summed E-state index contributed by atoms with van der Waals surface area (Å²) in [4.78, 5) is 4.39. The van der Waals surface area contributed by atoms with Crippen LogP contribution in [-0.4, -0.2) is 38.5 Å². The summed E-state index contributed by atoms with van der Waals surface area (Å²) in [7, 11) is 1.69. The van der Waals surface area contributed by atoms with E-state index in [0.717, 1.165) is 31.8 Å². The topological polar surface area (TPSA) is 43.4 Å². The maximum absolute atomic E-state index is 5.42. The number of unbranched alkanes of at least 4 members (excludes halogenated alkanes) is 1. The number of hydrogen-bond acceptors (Lipinski definition) is 5. The molecule has 2 aromatic rings. The fraction of sp³-hybridized carbons (Fsp3) is 0.500. The normalized spacial score (nSPS) is 11.0. The van der Waals surface area contributed by atoms with Crippen molar-refractivity contribution >= 4 is 27.2 Å². The van der Waals surface area contributed by atoms with Crippen molar-refractivity contribution in [3.63, 3.8) is 0 Å². The number of methoxy groups -OCH3 is 1. The minimum absolute atomic E-state index is 0.669. The molecule has 0 fully saturated rings. The van der Waals surface area contributed by atoms with E-state index in [1.807, 2.05) is 6.20 Å². The van der Waals surface area contributed by atoms with Crippen LogP contribution >= 0.6 is 11.3 Å². The fourth-order valence-corrected chi connectivity index (χ4v) is 2.60. The quantitative estimate of drug-likeness (QED) is 0.717. The van der Waals surface area contributed by atoms with Crippen molar-refractivity contribution in [2.45, 2.75) is 12.8 Å². The van der Waals surface area contributed by atoms with Gasteiger partial charge >= 0.3 is 0 Å². The second kappa shape index (κ2) is 8.09. The molecule has 2 aromatic heterocycles. The Kier molecular flexibility index (Phi) is 6.07. The van der Waals surface area contributed by atoms with Gasteiger partial charge in [-0.1, -0.05) is 0 Å². The fourth-order valence-electron chi connectivity index (χ4n) is 1.82. The molecule has 19 heavy (non-hydrogen) atoms. The van der Waals surface area contributed by atoms with Crippen LogP contribution in [-0.2, 0) is 9.47 Å². The molecule has 0 aliphatic rings. The number of hydrogen-bond donors (Lipinski definition) is 1. The molecule has 104 valence electrons. The van der Waals surface area contributed by atoms with E-state index in [-0.39, 0.29) is 0 Å². The van der Waals surface area contributed by atoms with E-state index < -0.39 is 0 Å². The molecule has 2 rings (SSSR count). The first-order valence-corrected chi connectivity index (χ1v) is 7.42. The van der Waals surface area contributed by atoms with Gasteiger partial charge in [-0.2, -0.15) is 0 Å².